The van der Waals surface area contributed by atoms with Gasteiger partial charge in [0.2, 0.25) is 0 Å². The summed E-state index contributed by atoms with van der Waals surface area (Å²) in [6.45, 7) is 0. The van der Waals surface area contributed by atoms with E-state index in [1.165, 1.54) is 11.3 Å². The molecule has 0 aliphatic rings. The Balaban J connectivity index is 2.28. The van der Waals surface area contributed by atoms with Crippen LogP contribution in [-0.4, -0.2) is 5.11 Å². The predicted octanol–water partition coefficient (Wildman–Crippen LogP) is 3.54. The van der Waals surface area contributed by atoms with E-state index in [1.807, 2.05) is 23.6 Å². The molecule has 13 heavy (non-hydrogen) atoms. The van der Waals surface area contributed by atoms with Gasteiger partial charge in [0.25, 0.3) is 0 Å². The van der Waals surface area contributed by atoms with Crippen LogP contribution in [0.25, 0.3) is 0 Å². The zero-order valence-electron chi connectivity index (χ0n) is 6.61. The minimum Gasteiger partial charge on any atom is -0.382 e. The largest absolute Gasteiger partial charge is 0.382 e. The van der Waals surface area contributed by atoms with Gasteiger partial charge in [-0.2, -0.15) is 0 Å². The summed E-state index contributed by atoms with van der Waals surface area (Å²) in [6, 6.07) is 7.51. The maximum atomic E-state index is 9.86. The third-order valence-electron chi connectivity index (χ3n) is 1.68. The fraction of sp³-hybridized carbons (Fsp3) is 0.111. The zero-order chi connectivity index (χ0) is 9.26. The number of aliphatic hydroxyl groups is 1. The average Bonchev–Trinajstić information content (AvgIpc) is 2.72. The number of hydrogen-bond acceptors (Lipinski definition) is 3. The van der Waals surface area contributed by atoms with Crippen LogP contribution in [0.2, 0.25) is 4.34 Å². The van der Waals surface area contributed by atoms with E-state index in [2.05, 4.69) is 0 Å². The lowest BCUT2D eigenvalue weighted by molar-refractivity contribution is 0.228. The number of hydrogen-bond donors (Lipinski definition) is 1. The van der Waals surface area contributed by atoms with Gasteiger partial charge in [0, 0.05) is 9.75 Å². The van der Waals surface area contributed by atoms with Crippen molar-refractivity contribution in [1.82, 2.24) is 0 Å². The third kappa shape index (κ3) is 1.94. The Bertz CT molecular complexity index is 380. The second kappa shape index (κ2) is 3.80. The summed E-state index contributed by atoms with van der Waals surface area (Å²) < 4.78 is 0.714. The minimum atomic E-state index is -0.516. The maximum absolute atomic E-state index is 9.86. The Kier molecular flexibility index (Phi) is 2.69. The van der Waals surface area contributed by atoms with Crippen LogP contribution < -0.4 is 0 Å². The molecule has 1 unspecified atom stereocenters. The first kappa shape index (κ1) is 9.21. The van der Waals surface area contributed by atoms with E-state index in [0.29, 0.717) is 4.34 Å². The number of halogens is 1. The van der Waals surface area contributed by atoms with Gasteiger partial charge in [-0.05, 0) is 23.6 Å². The summed E-state index contributed by atoms with van der Waals surface area (Å²) in [5.74, 6) is 0. The van der Waals surface area contributed by atoms with Crippen molar-refractivity contribution >= 4 is 34.3 Å². The molecule has 1 atom stereocenters. The topological polar surface area (TPSA) is 20.2 Å². The lowest BCUT2D eigenvalue weighted by Gasteiger charge is -2.03. The van der Waals surface area contributed by atoms with E-state index in [9.17, 15) is 5.11 Å². The molecule has 0 spiro atoms. The van der Waals surface area contributed by atoms with Crippen LogP contribution in [0.5, 0.6) is 0 Å². The van der Waals surface area contributed by atoms with Crippen LogP contribution >= 0.6 is 34.3 Å². The molecule has 0 saturated carbocycles. The molecule has 1 nitrogen and oxygen atoms in total. The summed E-state index contributed by atoms with van der Waals surface area (Å²) in [7, 11) is 0. The number of rotatable bonds is 2. The maximum Gasteiger partial charge on any atom is 0.122 e. The van der Waals surface area contributed by atoms with Crippen molar-refractivity contribution in [2.45, 2.75) is 6.10 Å². The molecule has 0 aromatic carbocycles. The zero-order valence-corrected chi connectivity index (χ0v) is 8.99. The molecule has 2 aromatic heterocycles. The molecule has 4 heteroatoms. The molecule has 0 aliphatic heterocycles. The second-order valence-corrected chi connectivity index (χ2v) is 5.29. The SMILES string of the molecule is OC(c1cccs1)c1ccc(Cl)s1. The Morgan fingerprint density at radius 2 is 2.08 bits per heavy atom. The van der Waals surface area contributed by atoms with Gasteiger partial charge in [-0.3, -0.25) is 0 Å². The minimum absolute atomic E-state index is 0.516. The summed E-state index contributed by atoms with van der Waals surface area (Å²) in [5.41, 5.74) is 0. The van der Waals surface area contributed by atoms with Crippen molar-refractivity contribution in [2.24, 2.45) is 0 Å². The molecule has 0 aliphatic carbocycles. The van der Waals surface area contributed by atoms with Gasteiger partial charge in [-0.1, -0.05) is 17.7 Å². The highest BCUT2D eigenvalue weighted by molar-refractivity contribution is 7.16. The first-order chi connectivity index (χ1) is 6.27. The average molecular weight is 231 g/mol. The molecule has 0 bridgehead atoms. The van der Waals surface area contributed by atoms with Crippen LogP contribution in [0.4, 0.5) is 0 Å². The standard InChI is InChI=1S/C9H7ClOS2/c10-8-4-3-7(13-8)9(11)6-2-1-5-12-6/h1-5,9,11H. The Labute approximate surface area is 89.2 Å². The van der Waals surface area contributed by atoms with E-state index in [4.69, 9.17) is 11.6 Å². The normalized spacial score (nSPS) is 13.1. The Morgan fingerprint density at radius 1 is 1.23 bits per heavy atom. The molecular formula is C9H7ClOS2. The van der Waals surface area contributed by atoms with Crippen molar-refractivity contribution in [3.05, 3.63) is 43.7 Å². The van der Waals surface area contributed by atoms with Crippen LogP contribution in [-0.2, 0) is 0 Å². The fourth-order valence-corrected chi connectivity index (χ4v) is 2.93. The molecular weight excluding hydrogens is 224 g/mol. The monoisotopic (exact) mass is 230 g/mol. The molecule has 1 N–H and O–H groups in total. The summed E-state index contributed by atoms with van der Waals surface area (Å²) in [4.78, 5) is 1.85. The van der Waals surface area contributed by atoms with Crippen molar-refractivity contribution in [1.29, 1.82) is 0 Å². The van der Waals surface area contributed by atoms with Crippen LogP contribution in [0.15, 0.2) is 29.6 Å². The number of thiophene rings is 2. The molecule has 2 rings (SSSR count). The highest BCUT2D eigenvalue weighted by Gasteiger charge is 2.12. The molecule has 0 radical (unpaired) electrons. The molecule has 2 heterocycles. The van der Waals surface area contributed by atoms with Crippen LogP contribution in [0.3, 0.4) is 0 Å². The fourth-order valence-electron chi connectivity index (χ4n) is 1.06. The molecule has 68 valence electrons. The van der Waals surface area contributed by atoms with E-state index in [1.54, 1.807) is 17.4 Å². The highest BCUT2D eigenvalue weighted by Crippen LogP contribution is 2.32. The molecule has 0 fully saturated rings. The van der Waals surface area contributed by atoms with Crippen LogP contribution in [0, 0.1) is 0 Å². The summed E-state index contributed by atoms with van der Waals surface area (Å²) in [5, 5.41) is 11.8. The van der Waals surface area contributed by atoms with E-state index in [0.717, 1.165) is 9.75 Å². The molecule has 0 saturated heterocycles. The summed E-state index contributed by atoms with van der Waals surface area (Å²) >= 11 is 8.74. The predicted molar refractivity (Wildman–Crippen MR) is 57.7 cm³/mol. The van der Waals surface area contributed by atoms with Crippen molar-refractivity contribution < 1.29 is 5.11 Å². The van der Waals surface area contributed by atoms with Crippen LogP contribution in [0.1, 0.15) is 15.9 Å². The first-order valence-electron chi connectivity index (χ1n) is 3.74. The second-order valence-electron chi connectivity index (χ2n) is 2.56. The van der Waals surface area contributed by atoms with Gasteiger partial charge >= 0.3 is 0 Å². The third-order valence-corrected chi connectivity index (χ3v) is 3.88. The van der Waals surface area contributed by atoms with Crippen molar-refractivity contribution in [3.63, 3.8) is 0 Å². The first-order valence-corrected chi connectivity index (χ1v) is 5.81. The lowest BCUT2D eigenvalue weighted by atomic mass is 10.2. The van der Waals surface area contributed by atoms with Gasteiger partial charge in [0.1, 0.15) is 6.10 Å². The quantitative estimate of drug-likeness (QED) is 0.837. The van der Waals surface area contributed by atoms with E-state index >= 15 is 0 Å². The van der Waals surface area contributed by atoms with Gasteiger partial charge < -0.3 is 5.11 Å². The van der Waals surface area contributed by atoms with Gasteiger partial charge in [-0.15, -0.1) is 22.7 Å². The molecule has 2 aromatic rings. The molecule has 0 amide bonds. The van der Waals surface area contributed by atoms with Gasteiger partial charge in [0.15, 0.2) is 0 Å². The van der Waals surface area contributed by atoms with Gasteiger partial charge in [0.05, 0.1) is 4.34 Å². The van der Waals surface area contributed by atoms with Crippen molar-refractivity contribution in [3.8, 4) is 0 Å². The van der Waals surface area contributed by atoms with E-state index in [-0.39, 0.29) is 0 Å². The highest BCUT2D eigenvalue weighted by atomic mass is 35.5. The van der Waals surface area contributed by atoms with Gasteiger partial charge in [-0.25, -0.2) is 0 Å². The Morgan fingerprint density at radius 3 is 2.62 bits per heavy atom. The smallest absolute Gasteiger partial charge is 0.122 e. The Hall–Kier alpha value is -0.350. The van der Waals surface area contributed by atoms with Crippen molar-refractivity contribution in [2.75, 3.05) is 0 Å². The lowest BCUT2D eigenvalue weighted by Crippen LogP contribution is -1.92. The number of aliphatic hydroxyl groups excluding tert-OH is 1. The summed E-state index contributed by atoms with van der Waals surface area (Å²) in [6.07, 6.45) is -0.516. The van der Waals surface area contributed by atoms with E-state index < -0.39 is 6.10 Å².